The van der Waals surface area contributed by atoms with Crippen LogP contribution in [0.2, 0.25) is 0 Å². The smallest absolute Gasteiger partial charge is 0.0234 e. The molecular formula is C17H27N3. The SMILES string of the molecule is c1ccc(CN2CCN(C3CCCCNC3)CC2)cc1. The van der Waals surface area contributed by atoms with E-state index in [1.165, 1.54) is 64.1 Å². The first-order chi connectivity index (χ1) is 9.92. The van der Waals surface area contributed by atoms with Crippen LogP contribution in [-0.2, 0) is 6.54 Å². The second-order valence-electron chi connectivity index (χ2n) is 6.15. The third-order valence-corrected chi connectivity index (χ3v) is 4.69. The van der Waals surface area contributed by atoms with Crippen molar-refractivity contribution in [3.63, 3.8) is 0 Å². The Labute approximate surface area is 123 Å². The third-order valence-electron chi connectivity index (χ3n) is 4.69. The maximum atomic E-state index is 3.59. The van der Waals surface area contributed by atoms with E-state index < -0.39 is 0 Å². The van der Waals surface area contributed by atoms with Crippen LogP contribution < -0.4 is 5.32 Å². The number of nitrogens with zero attached hydrogens (tertiary/aromatic N) is 2. The minimum atomic E-state index is 0.774. The van der Waals surface area contributed by atoms with Gasteiger partial charge in [-0.15, -0.1) is 0 Å². The van der Waals surface area contributed by atoms with Crippen molar-refractivity contribution in [1.29, 1.82) is 0 Å². The van der Waals surface area contributed by atoms with Crippen molar-refractivity contribution in [2.24, 2.45) is 0 Å². The van der Waals surface area contributed by atoms with E-state index in [2.05, 4.69) is 45.4 Å². The first-order valence-corrected chi connectivity index (χ1v) is 8.13. The molecule has 3 nitrogen and oxygen atoms in total. The second-order valence-corrected chi connectivity index (χ2v) is 6.15. The molecule has 2 heterocycles. The van der Waals surface area contributed by atoms with E-state index in [0.717, 1.165) is 12.6 Å². The summed E-state index contributed by atoms with van der Waals surface area (Å²) in [7, 11) is 0. The molecule has 2 saturated heterocycles. The number of benzene rings is 1. The van der Waals surface area contributed by atoms with E-state index in [0.29, 0.717) is 0 Å². The van der Waals surface area contributed by atoms with E-state index >= 15 is 0 Å². The summed E-state index contributed by atoms with van der Waals surface area (Å²) in [5, 5.41) is 3.59. The van der Waals surface area contributed by atoms with E-state index in [-0.39, 0.29) is 0 Å². The maximum absolute atomic E-state index is 3.59. The van der Waals surface area contributed by atoms with Gasteiger partial charge in [-0.1, -0.05) is 36.8 Å². The Morgan fingerprint density at radius 1 is 1.00 bits per heavy atom. The molecule has 0 spiro atoms. The number of piperazine rings is 1. The summed E-state index contributed by atoms with van der Waals surface area (Å²) < 4.78 is 0. The predicted octanol–water partition coefficient (Wildman–Crippen LogP) is 1.95. The van der Waals surface area contributed by atoms with E-state index in [1.807, 2.05) is 0 Å². The lowest BCUT2D eigenvalue weighted by atomic mass is 10.1. The summed E-state index contributed by atoms with van der Waals surface area (Å²) in [5.41, 5.74) is 1.44. The van der Waals surface area contributed by atoms with Crippen molar-refractivity contribution in [2.75, 3.05) is 39.3 Å². The molecule has 1 aromatic carbocycles. The Hall–Kier alpha value is -0.900. The molecule has 0 radical (unpaired) electrons. The Kier molecular flexibility index (Phi) is 5.06. The molecule has 2 fully saturated rings. The van der Waals surface area contributed by atoms with Crippen LogP contribution in [-0.4, -0.2) is 55.1 Å². The van der Waals surface area contributed by atoms with Crippen LogP contribution in [0.5, 0.6) is 0 Å². The van der Waals surface area contributed by atoms with Gasteiger partial charge in [0, 0.05) is 45.3 Å². The highest BCUT2D eigenvalue weighted by Crippen LogP contribution is 2.15. The molecule has 3 heteroatoms. The molecule has 2 aliphatic heterocycles. The molecule has 0 amide bonds. The van der Waals surface area contributed by atoms with Gasteiger partial charge in [0.05, 0.1) is 0 Å². The van der Waals surface area contributed by atoms with Gasteiger partial charge in [-0.25, -0.2) is 0 Å². The lowest BCUT2D eigenvalue weighted by Gasteiger charge is -2.39. The number of nitrogens with one attached hydrogen (secondary N) is 1. The minimum Gasteiger partial charge on any atom is -0.315 e. The van der Waals surface area contributed by atoms with E-state index in [9.17, 15) is 0 Å². The predicted molar refractivity (Wildman–Crippen MR) is 83.8 cm³/mol. The fraction of sp³-hybridized carbons (Fsp3) is 0.647. The van der Waals surface area contributed by atoms with Crippen molar-refractivity contribution < 1.29 is 0 Å². The quantitative estimate of drug-likeness (QED) is 0.908. The summed E-state index contributed by atoms with van der Waals surface area (Å²) in [6.45, 7) is 8.41. The van der Waals surface area contributed by atoms with Crippen LogP contribution >= 0.6 is 0 Å². The summed E-state index contributed by atoms with van der Waals surface area (Å²) in [6.07, 6.45) is 4.12. The monoisotopic (exact) mass is 273 g/mol. The van der Waals surface area contributed by atoms with Crippen molar-refractivity contribution in [1.82, 2.24) is 15.1 Å². The fourth-order valence-corrected chi connectivity index (χ4v) is 3.44. The van der Waals surface area contributed by atoms with Crippen LogP contribution in [0.15, 0.2) is 30.3 Å². The summed E-state index contributed by atoms with van der Waals surface area (Å²) in [4.78, 5) is 5.30. The normalized spacial score (nSPS) is 26.3. The number of rotatable bonds is 3. The van der Waals surface area contributed by atoms with Gasteiger partial charge >= 0.3 is 0 Å². The van der Waals surface area contributed by atoms with Gasteiger partial charge in [-0.05, 0) is 24.9 Å². The average molecular weight is 273 g/mol. The summed E-state index contributed by atoms with van der Waals surface area (Å²) in [5.74, 6) is 0. The van der Waals surface area contributed by atoms with Crippen LogP contribution in [0.25, 0.3) is 0 Å². The van der Waals surface area contributed by atoms with Gasteiger partial charge in [0.1, 0.15) is 0 Å². The van der Waals surface area contributed by atoms with Gasteiger partial charge in [-0.2, -0.15) is 0 Å². The highest BCUT2D eigenvalue weighted by atomic mass is 15.3. The molecule has 2 aliphatic rings. The van der Waals surface area contributed by atoms with E-state index in [1.54, 1.807) is 0 Å². The maximum Gasteiger partial charge on any atom is 0.0234 e. The molecule has 110 valence electrons. The summed E-state index contributed by atoms with van der Waals surface area (Å²) >= 11 is 0. The van der Waals surface area contributed by atoms with Crippen molar-refractivity contribution in [3.8, 4) is 0 Å². The van der Waals surface area contributed by atoms with Gasteiger partial charge in [0.25, 0.3) is 0 Å². The van der Waals surface area contributed by atoms with Crippen molar-refractivity contribution >= 4 is 0 Å². The van der Waals surface area contributed by atoms with Crippen LogP contribution in [0, 0.1) is 0 Å². The third kappa shape index (κ3) is 3.81. The van der Waals surface area contributed by atoms with Crippen molar-refractivity contribution in [3.05, 3.63) is 35.9 Å². The van der Waals surface area contributed by atoms with Crippen LogP contribution in [0.1, 0.15) is 24.8 Å². The lowest BCUT2D eigenvalue weighted by molar-refractivity contribution is 0.0893. The van der Waals surface area contributed by atoms with Gasteiger partial charge < -0.3 is 5.32 Å². The number of hydrogen-bond acceptors (Lipinski definition) is 3. The van der Waals surface area contributed by atoms with Crippen LogP contribution in [0.4, 0.5) is 0 Å². The lowest BCUT2D eigenvalue weighted by Crippen LogP contribution is -2.52. The molecule has 0 bridgehead atoms. The molecule has 0 aliphatic carbocycles. The zero-order valence-corrected chi connectivity index (χ0v) is 12.4. The standard InChI is InChI=1S/C17H27N3/c1-2-6-16(7-3-1)15-19-10-12-20(13-11-19)17-8-4-5-9-18-14-17/h1-3,6-7,17-18H,4-5,8-15H2. The molecule has 1 aromatic rings. The van der Waals surface area contributed by atoms with E-state index in [4.69, 9.17) is 0 Å². The molecule has 1 unspecified atom stereocenters. The second kappa shape index (κ2) is 7.21. The molecular weight excluding hydrogens is 246 g/mol. The molecule has 1 N–H and O–H groups in total. The minimum absolute atomic E-state index is 0.774. The topological polar surface area (TPSA) is 18.5 Å². The van der Waals surface area contributed by atoms with Crippen molar-refractivity contribution in [2.45, 2.75) is 31.8 Å². The highest BCUT2D eigenvalue weighted by molar-refractivity contribution is 5.14. The Morgan fingerprint density at radius 2 is 1.80 bits per heavy atom. The van der Waals surface area contributed by atoms with Gasteiger partial charge in [0.2, 0.25) is 0 Å². The Bertz CT molecular complexity index is 376. The first kappa shape index (κ1) is 14.1. The fourth-order valence-electron chi connectivity index (χ4n) is 3.44. The first-order valence-electron chi connectivity index (χ1n) is 8.13. The molecule has 3 rings (SSSR count). The zero-order chi connectivity index (χ0) is 13.6. The largest absolute Gasteiger partial charge is 0.315 e. The van der Waals surface area contributed by atoms with Gasteiger partial charge in [-0.3, -0.25) is 9.80 Å². The average Bonchev–Trinajstić information content (AvgIpc) is 2.78. The molecule has 20 heavy (non-hydrogen) atoms. The molecule has 0 saturated carbocycles. The molecule has 0 aromatic heterocycles. The van der Waals surface area contributed by atoms with Gasteiger partial charge in [0.15, 0.2) is 0 Å². The van der Waals surface area contributed by atoms with Crippen LogP contribution in [0.3, 0.4) is 0 Å². The molecule has 1 atom stereocenters. The Morgan fingerprint density at radius 3 is 2.60 bits per heavy atom. The number of hydrogen-bond donors (Lipinski definition) is 1. The zero-order valence-electron chi connectivity index (χ0n) is 12.4. The highest BCUT2D eigenvalue weighted by Gasteiger charge is 2.24. The summed E-state index contributed by atoms with van der Waals surface area (Å²) in [6, 6.07) is 11.6. The Balaban J connectivity index is 1.46.